The first-order valence-electron chi connectivity index (χ1n) is 6.45. The minimum Gasteiger partial charge on any atom is -0.495 e. The van der Waals surface area contributed by atoms with E-state index < -0.39 is 5.97 Å². The van der Waals surface area contributed by atoms with Crippen LogP contribution in [0.3, 0.4) is 0 Å². The van der Waals surface area contributed by atoms with Crippen LogP contribution in [-0.2, 0) is 4.74 Å². The van der Waals surface area contributed by atoms with E-state index in [1.165, 1.54) is 7.11 Å². The summed E-state index contributed by atoms with van der Waals surface area (Å²) in [5.41, 5.74) is 9.12. The maximum atomic E-state index is 11.8. The van der Waals surface area contributed by atoms with Crippen LogP contribution in [0.15, 0.2) is 36.4 Å². The van der Waals surface area contributed by atoms with Gasteiger partial charge in [-0.25, -0.2) is 4.79 Å². The van der Waals surface area contributed by atoms with Crippen LogP contribution in [-0.4, -0.2) is 20.2 Å². The number of ether oxygens (including phenoxy) is 2. The Bertz CT molecular complexity index is 669. The van der Waals surface area contributed by atoms with E-state index in [-0.39, 0.29) is 0 Å². The summed E-state index contributed by atoms with van der Waals surface area (Å²) in [5.74, 6) is 0.219. The fourth-order valence-corrected chi connectivity index (χ4v) is 2.04. The molecule has 0 saturated heterocycles. The van der Waals surface area contributed by atoms with Gasteiger partial charge < -0.3 is 20.5 Å². The van der Waals surface area contributed by atoms with Crippen LogP contribution < -0.4 is 15.8 Å². The number of esters is 1. The van der Waals surface area contributed by atoms with Crippen molar-refractivity contribution in [3.63, 3.8) is 0 Å². The molecule has 0 fully saturated rings. The summed E-state index contributed by atoms with van der Waals surface area (Å²) in [5, 5.41) is 3.17. The lowest BCUT2D eigenvalue weighted by Gasteiger charge is -2.16. The van der Waals surface area contributed by atoms with Gasteiger partial charge in [-0.3, -0.25) is 0 Å². The Morgan fingerprint density at radius 3 is 2.62 bits per heavy atom. The van der Waals surface area contributed by atoms with E-state index in [9.17, 15) is 4.79 Å². The van der Waals surface area contributed by atoms with Crippen LogP contribution in [0.1, 0.15) is 15.9 Å². The van der Waals surface area contributed by atoms with Gasteiger partial charge in [0.1, 0.15) is 5.75 Å². The van der Waals surface area contributed by atoms with Crippen LogP contribution in [0.25, 0.3) is 0 Å². The number of anilines is 3. The molecule has 0 aliphatic rings. The van der Waals surface area contributed by atoms with Gasteiger partial charge in [0.15, 0.2) is 0 Å². The second-order valence-corrected chi connectivity index (χ2v) is 4.59. The Labute approximate surface area is 123 Å². The molecule has 0 amide bonds. The second kappa shape index (κ2) is 6.17. The molecule has 0 aromatic heterocycles. The molecular formula is C16H18N2O3. The largest absolute Gasteiger partial charge is 0.495 e. The number of para-hydroxylation sites is 1. The first kappa shape index (κ1) is 14.7. The first-order chi connectivity index (χ1) is 10.1. The molecule has 0 bridgehead atoms. The number of carbonyl (C=O) groups excluding carboxylic acids is 1. The van der Waals surface area contributed by atoms with E-state index in [1.54, 1.807) is 25.3 Å². The van der Waals surface area contributed by atoms with Gasteiger partial charge in [-0.05, 0) is 36.8 Å². The highest BCUT2D eigenvalue weighted by atomic mass is 16.5. The van der Waals surface area contributed by atoms with Gasteiger partial charge in [0, 0.05) is 0 Å². The van der Waals surface area contributed by atoms with Crippen LogP contribution in [0.2, 0.25) is 0 Å². The van der Waals surface area contributed by atoms with Crippen LogP contribution >= 0.6 is 0 Å². The number of aryl methyl sites for hydroxylation is 1. The summed E-state index contributed by atoms with van der Waals surface area (Å²) in [4.78, 5) is 11.8. The molecule has 5 nitrogen and oxygen atoms in total. The third-order valence-corrected chi connectivity index (χ3v) is 3.12. The Morgan fingerprint density at radius 2 is 1.95 bits per heavy atom. The summed E-state index contributed by atoms with van der Waals surface area (Å²) < 4.78 is 10.1. The summed E-state index contributed by atoms with van der Waals surface area (Å²) in [7, 11) is 2.92. The number of benzene rings is 2. The van der Waals surface area contributed by atoms with Gasteiger partial charge in [0.2, 0.25) is 0 Å². The summed E-state index contributed by atoms with van der Waals surface area (Å²) >= 11 is 0. The number of hydrogen-bond donors (Lipinski definition) is 2. The van der Waals surface area contributed by atoms with Gasteiger partial charge in [0.25, 0.3) is 0 Å². The highest BCUT2D eigenvalue weighted by Crippen LogP contribution is 2.33. The van der Waals surface area contributed by atoms with Gasteiger partial charge in [-0.1, -0.05) is 12.1 Å². The van der Waals surface area contributed by atoms with Crippen LogP contribution in [0.4, 0.5) is 17.1 Å². The smallest absolute Gasteiger partial charge is 0.340 e. The average Bonchev–Trinajstić information content (AvgIpc) is 2.48. The van der Waals surface area contributed by atoms with Crippen molar-refractivity contribution >= 4 is 23.0 Å². The Balaban J connectivity index is 2.49. The third-order valence-electron chi connectivity index (χ3n) is 3.12. The number of methoxy groups -OCH3 is 2. The molecule has 0 heterocycles. The molecule has 3 N–H and O–H groups in total. The lowest BCUT2D eigenvalue weighted by molar-refractivity contribution is 0.0602. The number of nitrogens with two attached hydrogens (primary N) is 1. The maximum Gasteiger partial charge on any atom is 0.340 e. The van der Waals surface area contributed by atoms with Crippen molar-refractivity contribution in [2.24, 2.45) is 0 Å². The topological polar surface area (TPSA) is 73.6 Å². The Hall–Kier alpha value is -2.69. The van der Waals surface area contributed by atoms with Crippen molar-refractivity contribution in [1.29, 1.82) is 0 Å². The molecule has 2 aromatic rings. The van der Waals surface area contributed by atoms with Gasteiger partial charge in [-0.15, -0.1) is 0 Å². The average molecular weight is 286 g/mol. The molecule has 0 aliphatic heterocycles. The molecule has 0 spiro atoms. The van der Waals surface area contributed by atoms with Gasteiger partial charge >= 0.3 is 5.97 Å². The molecule has 21 heavy (non-hydrogen) atoms. The number of nitrogen functional groups attached to an aromatic ring is 1. The van der Waals surface area contributed by atoms with Crippen molar-refractivity contribution in [2.45, 2.75) is 6.92 Å². The SMILES string of the molecule is COC(=O)c1cccc(N)c1Nc1cc(C)ccc1OC. The highest BCUT2D eigenvalue weighted by molar-refractivity contribution is 6.00. The fourth-order valence-electron chi connectivity index (χ4n) is 2.04. The number of carbonyl (C=O) groups is 1. The molecule has 0 unspecified atom stereocenters. The van der Waals surface area contributed by atoms with E-state index in [2.05, 4.69) is 5.32 Å². The summed E-state index contributed by atoms with van der Waals surface area (Å²) in [6.45, 7) is 1.97. The monoisotopic (exact) mass is 286 g/mol. The Morgan fingerprint density at radius 1 is 1.19 bits per heavy atom. The molecule has 110 valence electrons. The zero-order chi connectivity index (χ0) is 15.4. The number of nitrogens with one attached hydrogen (secondary N) is 1. The lowest BCUT2D eigenvalue weighted by atomic mass is 10.1. The summed E-state index contributed by atoms with van der Waals surface area (Å²) in [6.07, 6.45) is 0. The zero-order valence-corrected chi connectivity index (χ0v) is 12.3. The van der Waals surface area contributed by atoms with Crippen molar-refractivity contribution in [3.8, 4) is 5.75 Å². The standard InChI is InChI=1S/C16H18N2O3/c1-10-7-8-14(20-2)13(9-10)18-15-11(16(19)21-3)5-4-6-12(15)17/h4-9,18H,17H2,1-3H3. The van der Waals surface area contributed by atoms with E-state index in [0.29, 0.717) is 22.7 Å². The molecule has 0 radical (unpaired) electrons. The molecule has 0 saturated carbocycles. The van der Waals surface area contributed by atoms with Gasteiger partial charge in [-0.2, -0.15) is 0 Å². The van der Waals surface area contributed by atoms with Crippen molar-refractivity contribution in [1.82, 2.24) is 0 Å². The second-order valence-electron chi connectivity index (χ2n) is 4.59. The van der Waals surface area contributed by atoms with E-state index in [0.717, 1.165) is 11.3 Å². The Kier molecular flexibility index (Phi) is 4.33. The minimum atomic E-state index is -0.448. The molecule has 0 atom stereocenters. The number of rotatable bonds is 4. The van der Waals surface area contributed by atoms with Gasteiger partial charge in [0.05, 0.1) is 36.8 Å². The van der Waals surface area contributed by atoms with Crippen LogP contribution in [0.5, 0.6) is 5.75 Å². The normalized spacial score (nSPS) is 10.0. The predicted octanol–water partition coefficient (Wildman–Crippen LogP) is 3.12. The predicted molar refractivity (Wildman–Crippen MR) is 83.2 cm³/mol. The van der Waals surface area contributed by atoms with Crippen molar-refractivity contribution in [2.75, 3.05) is 25.3 Å². The minimum absolute atomic E-state index is 0.376. The van der Waals surface area contributed by atoms with E-state index in [4.69, 9.17) is 15.2 Å². The molecule has 2 rings (SSSR count). The zero-order valence-electron chi connectivity index (χ0n) is 12.3. The third kappa shape index (κ3) is 3.08. The summed E-state index contributed by atoms with van der Waals surface area (Å²) in [6, 6.07) is 10.8. The highest BCUT2D eigenvalue weighted by Gasteiger charge is 2.15. The molecule has 5 heteroatoms. The van der Waals surface area contributed by atoms with Crippen molar-refractivity contribution < 1.29 is 14.3 Å². The molecule has 0 aliphatic carbocycles. The van der Waals surface area contributed by atoms with E-state index in [1.807, 2.05) is 25.1 Å². The van der Waals surface area contributed by atoms with Crippen molar-refractivity contribution in [3.05, 3.63) is 47.5 Å². The maximum absolute atomic E-state index is 11.8. The quantitative estimate of drug-likeness (QED) is 0.667. The lowest BCUT2D eigenvalue weighted by Crippen LogP contribution is -2.08. The van der Waals surface area contributed by atoms with Crippen LogP contribution in [0, 0.1) is 6.92 Å². The van der Waals surface area contributed by atoms with E-state index >= 15 is 0 Å². The first-order valence-corrected chi connectivity index (χ1v) is 6.45. The fraction of sp³-hybridized carbons (Fsp3) is 0.188. The molecule has 2 aromatic carbocycles. The number of hydrogen-bond acceptors (Lipinski definition) is 5. The molecular weight excluding hydrogens is 268 g/mol.